The summed E-state index contributed by atoms with van der Waals surface area (Å²) < 4.78 is 0. The van der Waals surface area contributed by atoms with Crippen LogP contribution in [0.15, 0.2) is 18.2 Å². The van der Waals surface area contributed by atoms with E-state index in [0.29, 0.717) is 24.4 Å². The van der Waals surface area contributed by atoms with Crippen molar-refractivity contribution < 1.29 is 10.2 Å². The van der Waals surface area contributed by atoms with E-state index in [1.807, 2.05) is 0 Å². The molecule has 0 atom stereocenters. The van der Waals surface area contributed by atoms with Crippen LogP contribution in [0.1, 0.15) is 18.4 Å². The Morgan fingerprint density at radius 2 is 2.13 bits per heavy atom. The second-order valence-corrected chi connectivity index (χ2v) is 4.64. The number of nitrogens with two attached hydrogens (primary N) is 1. The summed E-state index contributed by atoms with van der Waals surface area (Å²) in [6, 6.07) is 4.94. The van der Waals surface area contributed by atoms with Gasteiger partial charge in [-0.05, 0) is 31.0 Å². The van der Waals surface area contributed by atoms with Crippen molar-refractivity contribution >= 4 is 11.6 Å². The summed E-state index contributed by atoms with van der Waals surface area (Å²) in [5, 5.41) is 19.7. The molecule has 0 amide bonds. The van der Waals surface area contributed by atoms with Gasteiger partial charge in [0.25, 0.3) is 0 Å². The normalized spacial score (nSPS) is 29.9. The van der Waals surface area contributed by atoms with Crippen molar-refractivity contribution in [2.24, 2.45) is 5.73 Å². The number of aromatic hydroxyl groups is 1. The Kier molecular flexibility index (Phi) is 2.63. The van der Waals surface area contributed by atoms with Crippen molar-refractivity contribution in [1.29, 1.82) is 0 Å². The number of halogens is 1. The van der Waals surface area contributed by atoms with Crippen LogP contribution in [-0.2, 0) is 5.41 Å². The SMILES string of the molecule is NCC1(c2cc(Cl)ccc2O)CC(O)C1. The molecular formula is C11H14ClNO2. The molecule has 0 aromatic heterocycles. The predicted octanol–water partition coefficient (Wildman–Crippen LogP) is 1.40. The molecule has 82 valence electrons. The number of rotatable bonds is 2. The van der Waals surface area contributed by atoms with Gasteiger partial charge >= 0.3 is 0 Å². The van der Waals surface area contributed by atoms with Gasteiger partial charge in [0.1, 0.15) is 5.75 Å². The van der Waals surface area contributed by atoms with Crippen LogP contribution in [0.5, 0.6) is 5.75 Å². The number of phenolic OH excluding ortho intramolecular Hbond substituents is 1. The molecule has 1 saturated carbocycles. The average Bonchev–Trinajstić information content (AvgIpc) is 2.17. The number of aliphatic hydroxyl groups is 1. The Morgan fingerprint density at radius 3 is 2.67 bits per heavy atom. The van der Waals surface area contributed by atoms with Crippen LogP contribution >= 0.6 is 11.6 Å². The van der Waals surface area contributed by atoms with E-state index in [9.17, 15) is 10.2 Å². The highest BCUT2D eigenvalue weighted by Gasteiger charge is 2.45. The Labute approximate surface area is 93.5 Å². The van der Waals surface area contributed by atoms with E-state index in [-0.39, 0.29) is 17.3 Å². The van der Waals surface area contributed by atoms with Crippen LogP contribution < -0.4 is 5.73 Å². The molecule has 1 aromatic carbocycles. The van der Waals surface area contributed by atoms with E-state index in [2.05, 4.69) is 0 Å². The molecule has 3 nitrogen and oxygen atoms in total. The molecule has 0 radical (unpaired) electrons. The first-order valence-corrected chi connectivity index (χ1v) is 5.32. The Balaban J connectivity index is 2.39. The molecule has 0 spiro atoms. The van der Waals surface area contributed by atoms with Gasteiger partial charge in [-0.2, -0.15) is 0 Å². The molecule has 1 aliphatic rings. The van der Waals surface area contributed by atoms with Gasteiger partial charge in [-0.25, -0.2) is 0 Å². The van der Waals surface area contributed by atoms with E-state index in [1.165, 1.54) is 0 Å². The Morgan fingerprint density at radius 1 is 1.47 bits per heavy atom. The monoisotopic (exact) mass is 227 g/mol. The molecular weight excluding hydrogens is 214 g/mol. The first-order valence-electron chi connectivity index (χ1n) is 4.94. The molecule has 0 unspecified atom stereocenters. The number of benzene rings is 1. The molecule has 1 fully saturated rings. The zero-order valence-corrected chi connectivity index (χ0v) is 9.04. The van der Waals surface area contributed by atoms with E-state index >= 15 is 0 Å². The number of phenols is 1. The number of hydrogen-bond donors (Lipinski definition) is 3. The van der Waals surface area contributed by atoms with Gasteiger partial charge in [-0.1, -0.05) is 11.6 Å². The van der Waals surface area contributed by atoms with Crippen molar-refractivity contribution in [2.45, 2.75) is 24.4 Å². The summed E-state index contributed by atoms with van der Waals surface area (Å²) in [6.45, 7) is 0.415. The van der Waals surface area contributed by atoms with Crippen LogP contribution in [0.25, 0.3) is 0 Å². The zero-order chi connectivity index (χ0) is 11.1. The molecule has 2 rings (SSSR count). The minimum Gasteiger partial charge on any atom is -0.508 e. The third-order valence-electron chi connectivity index (χ3n) is 3.17. The lowest BCUT2D eigenvalue weighted by molar-refractivity contribution is 0.0211. The highest BCUT2D eigenvalue weighted by atomic mass is 35.5. The van der Waals surface area contributed by atoms with Crippen LogP contribution in [0, 0.1) is 0 Å². The summed E-state index contributed by atoms with van der Waals surface area (Å²) in [6.07, 6.45) is 0.876. The van der Waals surface area contributed by atoms with Crippen molar-refractivity contribution in [3.63, 3.8) is 0 Å². The van der Waals surface area contributed by atoms with Gasteiger partial charge in [0, 0.05) is 22.5 Å². The summed E-state index contributed by atoms with van der Waals surface area (Å²) >= 11 is 5.88. The standard InChI is InChI=1S/C11H14ClNO2/c12-7-1-2-10(15)9(3-7)11(6-13)4-8(14)5-11/h1-3,8,14-15H,4-6,13H2. The third-order valence-corrected chi connectivity index (χ3v) is 3.41. The molecule has 1 aromatic rings. The lowest BCUT2D eigenvalue weighted by Crippen LogP contribution is -2.49. The second-order valence-electron chi connectivity index (χ2n) is 4.21. The average molecular weight is 228 g/mol. The molecule has 0 saturated heterocycles. The molecule has 4 heteroatoms. The largest absolute Gasteiger partial charge is 0.508 e. The summed E-state index contributed by atoms with van der Waals surface area (Å²) in [5.41, 5.74) is 6.17. The molecule has 0 bridgehead atoms. The van der Waals surface area contributed by atoms with Crippen LogP contribution in [0.4, 0.5) is 0 Å². The maximum atomic E-state index is 9.76. The zero-order valence-electron chi connectivity index (χ0n) is 8.28. The highest BCUT2D eigenvalue weighted by molar-refractivity contribution is 6.30. The third kappa shape index (κ3) is 1.71. The fourth-order valence-electron chi connectivity index (χ4n) is 2.27. The Bertz CT molecular complexity index is 375. The van der Waals surface area contributed by atoms with Crippen molar-refractivity contribution in [3.05, 3.63) is 28.8 Å². The predicted molar refractivity (Wildman–Crippen MR) is 59.1 cm³/mol. The molecule has 15 heavy (non-hydrogen) atoms. The van der Waals surface area contributed by atoms with Crippen molar-refractivity contribution in [3.8, 4) is 5.75 Å². The smallest absolute Gasteiger partial charge is 0.119 e. The molecule has 0 aliphatic heterocycles. The van der Waals surface area contributed by atoms with Gasteiger partial charge in [0.2, 0.25) is 0 Å². The highest BCUT2D eigenvalue weighted by Crippen LogP contribution is 2.46. The fraction of sp³-hybridized carbons (Fsp3) is 0.455. The van der Waals surface area contributed by atoms with Crippen LogP contribution in [0.2, 0.25) is 5.02 Å². The van der Waals surface area contributed by atoms with Gasteiger partial charge in [0.05, 0.1) is 6.10 Å². The summed E-state index contributed by atoms with van der Waals surface area (Å²) in [5.74, 6) is 0.205. The quantitative estimate of drug-likeness (QED) is 0.716. The van der Waals surface area contributed by atoms with Gasteiger partial charge in [-0.15, -0.1) is 0 Å². The molecule has 0 heterocycles. The fourth-order valence-corrected chi connectivity index (χ4v) is 2.44. The van der Waals surface area contributed by atoms with Crippen LogP contribution in [0.3, 0.4) is 0 Å². The van der Waals surface area contributed by atoms with Gasteiger partial charge in [0.15, 0.2) is 0 Å². The van der Waals surface area contributed by atoms with Crippen LogP contribution in [-0.4, -0.2) is 22.9 Å². The maximum Gasteiger partial charge on any atom is 0.119 e. The summed E-state index contributed by atoms with van der Waals surface area (Å²) in [4.78, 5) is 0. The minimum absolute atomic E-state index is 0.205. The lowest BCUT2D eigenvalue weighted by Gasteiger charge is -2.45. The van der Waals surface area contributed by atoms with Crippen molar-refractivity contribution in [1.82, 2.24) is 0 Å². The topological polar surface area (TPSA) is 66.5 Å². The first kappa shape index (κ1) is 10.7. The second kappa shape index (κ2) is 3.67. The maximum absolute atomic E-state index is 9.76. The van der Waals surface area contributed by atoms with Gasteiger partial charge in [-0.3, -0.25) is 0 Å². The number of aliphatic hydroxyl groups excluding tert-OH is 1. The Hall–Kier alpha value is -0.770. The number of hydrogen-bond acceptors (Lipinski definition) is 3. The molecule has 4 N–H and O–H groups in total. The first-order chi connectivity index (χ1) is 7.07. The van der Waals surface area contributed by atoms with E-state index in [4.69, 9.17) is 17.3 Å². The lowest BCUT2D eigenvalue weighted by atomic mass is 9.62. The van der Waals surface area contributed by atoms with E-state index in [0.717, 1.165) is 5.56 Å². The van der Waals surface area contributed by atoms with Crippen molar-refractivity contribution in [2.75, 3.05) is 6.54 Å². The van der Waals surface area contributed by atoms with Gasteiger partial charge < -0.3 is 15.9 Å². The summed E-state index contributed by atoms with van der Waals surface area (Å²) in [7, 11) is 0. The minimum atomic E-state index is -0.313. The van der Waals surface area contributed by atoms with E-state index in [1.54, 1.807) is 18.2 Å². The molecule has 1 aliphatic carbocycles. The van der Waals surface area contributed by atoms with E-state index < -0.39 is 0 Å².